The van der Waals surface area contributed by atoms with Crippen LogP contribution in [0.1, 0.15) is 26.0 Å². The van der Waals surface area contributed by atoms with Gasteiger partial charge in [-0.2, -0.15) is 0 Å². The summed E-state index contributed by atoms with van der Waals surface area (Å²) >= 11 is 1.42. The summed E-state index contributed by atoms with van der Waals surface area (Å²) in [5.74, 6) is -0.951. The molecule has 1 atom stereocenters. The molecule has 5 nitrogen and oxygen atoms in total. The van der Waals surface area contributed by atoms with Gasteiger partial charge in [0, 0.05) is 12.4 Å². The molecule has 1 N–H and O–H groups in total. The number of carbonyl (C=O) groups is 2. The van der Waals surface area contributed by atoms with Gasteiger partial charge in [-0.25, -0.2) is 9.78 Å². The van der Waals surface area contributed by atoms with Crippen LogP contribution >= 0.6 is 11.3 Å². The zero-order chi connectivity index (χ0) is 13.7. The van der Waals surface area contributed by atoms with Gasteiger partial charge in [0.25, 0.3) is 0 Å². The molecule has 1 aromatic heterocycles. The number of hydrogen-bond acceptors (Lipinski definition) is 4. The average Bonchev–Trinajstić information content (AvgIpc) is 2.77. The van der Waals surface area contributed by atoms with Gasteiger partial charge in [0.05, 0.1) is 17.6 Å². The second-order valence-corrected chi connectivity index (χ2v) is 5.36. The summed E-state index contributed by atoms with van der Waals surface area (Å²) in [6.07, 6.45) is 0.608. The van der Waals surface area contributed by atoms with Gasteiger partial charge in [0.2, 0.25) is 5.91 Å². The molecule has 1 heterocycles. The maximum absolute atomic E-state index is 12.0. The van der Waals surface area contributed by atoms with E-state index in [1.807, 2.05) is 13.8 Å². The highest BCUT2D eigenvalue weighted by molar-refractivity contribution is 7.07. The van der Waals surface area contributed by atoms with Gasteiger partial charge in [0.1, 0.15) is 6.04 Å². The number of carboxylic acid groups (broad SMARTS) is 1. The minimum atomic E-state index is -0.960. The number of nitrogens with zero attached hydrogens (tertiary/aromatic N) is 2. The topological polar surface area (TPSA) is 70.5 Å². The highest BCUT2D eigenvalue weighted by Gasteiger charge is 2.27. The molecule has 0 aliphatic rings. The van der Waals surface area contributed by atoms with Gasteiger partial charge in [-0.15, -0.1) is 11.3 Å². The van der Waals surface area contributed by atoms with Crippen molar-refractivity contribution in [2.24, 2.45) is 5.92 Å². The number of carboxylic acids is 1. The Morgan fingerprint density at radius 1 is 1.50 bits per heavy atom. The highest BCUT2D eigenvalue weighted by Crippen LogP contribution is 2.12. The number of likely N-dealkylation sites (N-methyl/N-ethyl adjacent to an activating group) is 1. The molecule has 1 rings (SSSR count). The van der Waals surface area contributed by atoms with Crippen LogP contribution in [0, 0.1) is 5.92 Å². The van der Waals surface area contributed by atoms with E-state index in [1.165, 1.54) is 23.3 Å². The lowest BCUT2D eigenvalue weighted by molar-refractivity contribution is -0.149. The number of thiazole rings is 1. The first-order valence-electron chi connectivity index (χ1n) is 5.77. The smallest absolute Gasteiger partial charge is 0.326 e. The van der Waals surface area contributed by atoms with Crippen LogP contribution in [0.15, 0.2) is 10.9 Å². The number of rotatable bonds is 6. The first-order valence-corrected chi connectivity index (χ1v) is 6.71. The van der Waals surface area contributed by atoms with Gasteiger partial charge in [-0.05, 0) is 12.3 Å². The quantitative estimate of drug-likeness (QED) is 0.853. The second-order valence-electron chi connectivity index (χ2n) is 4.64. The lowest BCUT2D eigenvalue weighted by atomic mass is 10.0. The van der Waals surface area contributed by atoms with Crippen molar-refractivity contribution in [1.29, 1.82) is 0 Å². The predicted octanol–water partition coefficient (Wildman–Crippen LogP) is 1.64. The van der Waals surface area contributed by atoms with Crippen molar-refractivity contribution in [3.05, 3.63) is 16.6 Å². The van der Waals surface area contributed by atoms with Crippen molar-refractivity contribution in [2.45, 2.75) is 32.7 Å². The summed E-state index contributed by atoms with van der Waals surface area (Å²) in [6.45, 7) is 3.88. The Bertz CT molecular complexity index is 403. The largest absolute Gasteiger partial charge is 0.480 e. The van der Waals surface area contributed by atoms with Gasteiger partial charge in [-0.3, -0.25) is 4.79 Å². The van der Waals surface area contributed by atoms with E-state index in [2.05, 4.69) is 4.98 Å². The Balaban J connectivity index is 2.67. The van der Waals surface area contributed by atoms with Crippen molar-refractivity contribution in [1.82, 2.24) is 9.88 Å². The van der Waals surface area contributed by atoms with E-state index in [9.17, 15) is 9.59 Å². The summed E-state index contributed by atoms with van der Waals surface area (Å²) in [5.41, 5.74) is 2.34. The molecule has 0 saturated heterocycles. The van der Waals surface area contributed by atoms with Crippen molar-refractivity contribution in [3.8, 4) is 0 Å². The molecular weight excluding hydrogens is 252 g/mol. The molecule has 0 radical (unpaired) electrons. The number of amides is 1. The van der Waals surface area contributed by atoms with Crippen LogP contribution in [0.25, 0.3) is 0 Å². The van der Waals surface area contributed by atoms with Gasteiger partial charge in [0.15, 0.2) is 0 Å². The summed E-state index contributed by atoms with van der Waals surface area (Å²) in [6, 6.07) is -0.767. The summed E-state index contributed by atoms with van der Waals surface area (Å²) < 4.78 is 0. The Morgan fingerprint density at radius 2 is 2.17 bits per heavy atom. The molecular formula is C12H18N2O3S. The Labute approximate surface area is 110 Å². The minimum Gasteiger partial charge on any atom is -0.480 e. The lowest BCUT2D eigenvalue weighted by Gasteiger charge is -2.26. The van der Waals surface area contributed by atoms with E-state index in [0.29, 0.717) is 12.1 Å². The molecule has 0 saturated carbocycles. The summed E-state index contributed by atoms with van der Waals surface area (Å²) in [7, 11) is 1.54. The maximum atomic E-state index is 12.0. The number of aromatic nitrogens is 1. The van der Waals surface area contributed by atoms with E-state index in [1.54, 1.807) is 10.9 Å². The summed E-state index contributed by atoms with van der Waals surface area (Å²) in [4.78, 5) is 28.5. The molecule has 1 amide bonds. The third-order valence-corrected chi connectivity index (χ3v) is 3.29. The summed E-state index contributed by atoms with van der Waals surface area (Å²) in [5, 5.41) is 11.0. The average molecular weight is 270 g/mol. The fourth-order valence-corrected chi connectivity index (χ4v) is 2.21. The third-order valence-electron chi connectivity index (χ3n) is 2.66. The van der Waals surface area contributed by atoms with Crippen LogP contribution < -0.4 is 0 Å². The fourth-order valence-electron chi connectivity index (χ4n) is 1.65. The SMILES string of the molecule is CC(C)CC(C(=O)O)N(C)C(=O)Cc1cscn1. The first kappa shape index (κ1) is 14.6. The normalized spacial score (nSPS) is 12.4. The van der Waals surface area contributed by atoms with Crippen molar-refractivity contribution in [2.75, 3.05) is 7.05 Å². The Morgan fingerprint density at radius 3 is 2.61 bits per heavy atom. The Kier molecular flexibility index (Phi) is 5.27. The van der Waals surface area contributed by atoms with Crippen LogP contribution in [-0.4, -0.2) is 40.0 Å². The highest BCUT2D eigenvalue weighted by atomic mass is 32.1. The van der Waals surface area contributed by atoms with Gasteiger partial charge in [-0.1, -0.05) is 13.8 Å². The molecule has 1 unspecified atom stereocenters. The van der Waals surface area contributed by atoms with Crippen LogP contribution in [-0.2, 0) is 16.0 Å². The molecule has 0 aliphatic heterocycles. The van der Waals surface area contributed by atoms with Crippen LogP contribution in [0.3, 0.4) is 0 Å². The molecule has 0 aliphatic carbocycles. The van der Waals surface area contributed by atoms with Crippen molar-refractivity contribution >= 4 is 23.2 Å². The maximum Gasteiger partial charge on any atom is 0.326 e. The standard InChI is InChI=1S/C12H18N2O3S/c1-8(2)4-10(12(16)17)14(3)11(15)5-9-6-18-7-13-9/h6-8,10H,4-5H2,1-3H3,(H,16,17). The molecule has 0 bridgehead atoms. The van der Waals surface area contributed by atoms with E-state index in [-0.39, 0.29) is 18.2 Å². The van der Waals surface area contributed by atoms with E-state index >= 15 is 0 Å². The van der Waals surface area contributed by atoms with E-state index in [0.717, 1.165) is 0 Å². The van der Waals surface area contributed by atoms with Gasteiger partial charge < -0.3 is 10.0 Å². The molecule has 18 heavy (non-hydrogen) atoms. The molecule has 1 aromatic rings. The lowest BCUT2D eigenvalue weighted by Crippen LogP contribution is -2.43. The monoisotopic (exact) mass is 270 g/mol. The zero-order valence-electron chi connectivity index (χ0n) is 10.8. The van der Waals surface area contributed by atoms with Crippen molar-refractivity contribution < 1.29 is 14.7 Å². The van der Waals surface area contributed by atoms with E-state index < -0.39 is 12.0 Å². The number of carbonyl (C=O) groups excluding carboxylic acids is 1. The molecule has 6 heteroatoms. The van der Waals surface area contributed by atoms with E-state index in [4.69, 9.17) is 5.11 Å². The van der Waals surface area contributed by atoms with Crippen LogP contribution in [0.4, 0.5) is 0 Å². The first-order chi connectivity index (χ1) is 8.41. The molecule has 0 fully saturated rings. The number of hydrogen-bond donors (Lipinski definition) is 1. The second kappa shape index (κ2) is 6.49. The van der Waals surface area contributed by atoms with Crippen molar-refractivity contribution in [3.63, 3.8) is 0 Å². The molecule has 0 spiro atoms. The number of aliphatic carboxylic acids is 1. The zero-order valence-corrected chi connectivity index (χ0v) is 11.6. The Hall–Kier alpha value is -1.43. The van der Waals surface area contributed by atoms with Crippen LogP contribution in [0.5, 0.6) is 0 Å². The molecule has 0 aromatic carbocycles. The third kappa shape index (κ3) is 4.10. The van der Waals surface area contributed by atoms with Crippen LogP contribution in [0.2, 0.25) is 0 Å². The minimum absolute atomic E-state index is 0.155. The predicted molar refractivity (Wildman–Crippen MR) is 69.5 cm³/mol. The van der Waals surface area contributed by atoms with Gasteiger partial charge >= 0.3 is 5.97 Å². The molecule has 100 valence electrons. The fraction of sp³-hybridized carbons (Fsp3) is 0.583.